The molecule has 0 aromatic heterocycles. The van der Waals surface area contributed by atoms with E-state index in [-0.39, 0.29) is 11.9 Å². The number of nitrogens with two attached hydrogens (primary N) is 1. The number of rotatable bonds is 6. The molecule has 0 saturated heterocycles. The van der Waals surface area contributed by atoms with E-state index in [9.17, 15) is 4.79 Å². The van der Waals surface area contributed by atoms with Crippen LogP contribution in [0.1, 0.15) is 65.2 Å². The molecular formula is C14H28N2O. The zero-order valence-electron chi connectivity index (χ0n) is 11.4. The first-order valence-corrected chi connectivity index (χ1v) is 7.23. The second-order valence-electron chi connectivity index (χ2n) is 5.38. The third-order valence-corrected chi connectivity index (χ3v) is 3.98. The topological polar surface area (TPSA) is 55.1 Å². The predicted octanol–water partition coefficient (Wildman–Crippen LogP) is 2.59. The molecule has 1 amide bonds. The number of hydrogen-bond acceptors (Lipinski definition) is 2. The molecule has 1 saturated carbocycles. The summed E-state index contributed by atoms with van der Waals surface area (Å²) < 4.78 is 0. The molecule has 0 aromatic carbocycles. The maximum atomic E-state index is 11.8. The summed E-state index contributed by atoms with van der Waals surface area (Å²) in [5.74, 6) is 0.926. The van der Waals surface area contributed by atoms with Crippen molar-refractivity contribution in [3.63, 3.8) is 0 Å². The van der Waals surface area contributed by atoms with Crippen LogP contribution >= 0.6 is 0 Å². The average molecular weight is 240 g/mol. The molecule has 1 fully saturated rings. The van der Waals surface area contributed by atoms with Crippen molar-refractivity contribution in [1.29, 1.82) is 0 Å². The first kappa shape index (κ1) is 14.5. The quantitative estimate of drug-likeness (QED) is 0.750. The van der Waals surface area contributed by atoms with E-state index in [0.717, 1.165) is 38.0 Å². The van der Waals surface area contributed by atoms with Crippen molar-refractivity contribution in [2.24, 2.45) is 11.7 Å². The summed E-state index contributed by atoms with van der Waals surface area (Å²) in [4.78, 5) is 11.8. The van der Waals surface area contributed by atoms with Gasteiger partial charge in [0, 0.05) is 6.04 Å². The standard InChI is InChI=1S/C14H28N2O/c1-3-5-6-13(15)14(17)16-12-9-7-11(4-2)8-10-12/h11-13H,3-10,15H2,1-2H3,(H,16,17)/t11?,12?,13-/m0/s1. The molecule has 1 aliphatic rings. The van der Waals surface area contributed by atoms with Crippen LogP contribution in [-0.4, -0.2) is 18.0 Å². The van der Waals surface area contributed by atoms with Gasteiger partial charge in [0.25, 0.3) is 0 Å². The molecule has 0 unspecified atom stereocenters. The normalized spacial score (nSPS) is 26.5. The second-order valence-corrected chi connectivity index (χ2v) is 5.38. The Morgan fingerprint density at radius 3 is 2.47 bits per heavy atom. The lowest BCUT2D eigenvalue weighted by Gasteiger charge is -2.29. The Hall–Kier alpha value is -0.570. The van der Waals surface area contributed by atoms with Crippen LogP contribution in [0.15, 0.2) is 0 Å². The zero-order valence-corrected chi connectivity index (χ0v) is 11.4. The first-order chi connectivity index (χ1) is 8.17. The van der Waals surface area contributed by atoms with Gasteiger partial charge in [0.1, 0.15) is 0 Å². The summed E-state index contributed by atoms with van der Waals surface area (Å²) in [6.45, 7) is 4.38. The third kappa shape index (κ3) is 5.07. The van der Waals surface area contributed by atoms with Gasteiger partial charge in [0.2, 0.25) is 5.91 Å². The van der Waals surface area contributed by atoms with Gasteiger partial charge in [-0.05, 0) is 38.0 Å². The summed E-state index contributed by atoms with van der Waals surface area (Å²) in [7, 11) is 0. The molecule has 0 radical (unpaired) electrons. The third-order valence-electron chi connectivity index (χ3n) is 3.98. The lowest BCUT2D eigenvalue weighted by Crippen LogP contribution is -2.46. The van der Waals surface area contributed by atoms with E-state index in [4.69, 9.17) is 5.73 Å². The molecular weight excluding hydrogens is 212 g/mol. The van der Waals surface area contributed by atoms with Gasteiger partial charge in [-0.15, -0.1) is 0 Å². The highest BCUT2D eigenvalue weighted by Gasteiger charge is 2.23. The molecule has 0 heterocycles. The van der Waals surface area contributed by atoms with Crippen molar-refractivity contribution in [2.45, 2.75) is 77.3 Å². The maximum Gasteiger partial charge on any atom is 0.237 e. The number of carbonyl (C=O) groups is 1. The van der Waals surface area contributed by atoms with Gasteiger partial charge in [0.15, 0.2) is 0 Å². The number of unbranched alkanes of at least 4 members (excludes halogenated alkanes) is 1. The van der Waals surface area contributed by atoms with Gasteiger partial charge >= 0.3 is 0 Å². The minimum absolute atomic E-state index is 0.0541. The molecule has 0 aliphatic heterocycles. The molecule has 100 valence electrons. The van der Waals surface area contributed by atoms with E-state index in [1.54, 1.807) is 0 Å². The van der Waals surface area contributed by atoms with Crippen molar-refractivity contribution in [1.82, 2.24) is 5.32 Å². The lowest BCUT2D eigenvalue weighted by molar-refractivity contribution is -0.123. The Morgan fingerprint density at radius 1 is 1.29 bits per heavy atom. The van der Waals surface area contributed by atoms with E-state index in [2.05, 4.69) is 19.2 Å². The van der Waals surface area contributed by atoms with E-state index in [1.165, 1.54) is 19.3 Å². The summed E-state index contributed by atoms with van der Waals surface area (Å²) in [5, 5.41) is 3.11. The molecule has 0 bridgehead atoms. The van der Waals surface area contributed by atoms with Crippen LogP contribution < -0.4 is 11.1 Å². The van der Waals surface area contributed by atoms with Gasteiger partial charge in [0.05, 0.1) is 6.04 Å². The monoisotopic (exact) mass is 240 g/mol. The van der Waals surface area contributed by atoms with Gasteiger partial charge in [-0.1, -0.05) is 33.1 Å². The van der Waals surface area contributed by atoms with E-state index < -0.39 is 0 Å². The molecule has 0 spiro atoms. The van der Waals surface area contributed by atoms with Crippen molar-refractivity contribution >= 4 is 5.91 Å². The fraction of sp³-hybridized carbons (Fsp3) is 0.929. The maximum absolute atomic E-state index is 11.8. The zero-order chi connectivity index (χ0) is 12.7. The molecule has 1 atom stereocenters. The predicted molar refractivity (Wildman–Crippen MR) is 71.7 cm³/mol. The fourth-order valence-corrected chi connectivity index (χ4v) is 2.58. The van der Waals surface area contributed by atoms with Gasteiger partial charge < -0.3 is 11.1 Å². The van der Waals surface area contributed by atoms with E-state index >= 15 is 0 Å². The van der Waals surface area contributed by atoms with Crippen LogP contribution in [0.3, 0.4) is 0 Å². The van der Waals surface area contributed by atoms with Crippen LogP contribution in [0.2, 0.25) is 0 Å². The smallest absolute Gasteiger partial charge is 0.237 e. The summed E-state index contributed by atoms with van der Waals surface area (Å²) in [5.41, 5.74) is 5.86. The molecule has 3 heteroatoms. The highest BCUT2D eigenvalue weighted by molar-refractivity contribution is 5.81. The summed E-state index contributed by atoms with van der Waals surface area (Å²) in [6.07, 6.45) is 9.00. The van der Waals surface area contributed by atoms with Gasteiger partial charge in [-0.2, -0.15) is 0 Å². The first-order valence-electron chi connectivity index (χ1n) is 7.23. The minimum Gasteiger partial charge on any atom is -0.352 e. The molecule has 0 aromatic rings. The van der Waals surface area contributed by atoms with Crippen LogP contribution in [0.5, 0.6) is 0 Å². The second kappa shape index (κ2) is 7.70. The molecule has 1 rings (SSSR count). The Kier molecular flexibility index (Phi) is 6.56. The minimum atomic E-state index is -0.307. The van der Waals surface area contributed by atoms with Crippen LogP contribution in [0, 0.1) is 5.92 Å². The summed E-state index contributed by atoms with van der Waals surface area (Å²) >= 11 is 0. The Balaban J connectivity index is 2.22. The lowest BCUT2D eigenvalue weighted by atomic mass is 9.84. The highest BCUT2D eigenvalue weighted by atomic mass is 16.2. The number of nitrogens with one attached hydrogen (secondary N) is 1. The fourth-order valence-electron chi connectivity index (χ4n) is 2.58. The van der Waals surface area contributed by atoms with Crippen LogP contribution in [-0.2, 0) is 4.79 Å². The molecule has 1 aliphatic carbocycles. The average Bonchev–Trinajstić information content (AvgIpc) is 2.36. The SMILES string of the molecule is CCCC[C@H](N)C(=O)NC1CCC(CC)CC1. The highest BCUT2D eigenvalue weighted by Crippen LogP contribution is 2.26. The van der Waals surface area contributed by atoms with Gasteiger partial charge in [-0.3, -0.25) is 4.79 Å². The van der Waals surface area contributed by atoms with Crippen molar-refractivity contribution in [3.8, 4) is 0 Å². The molecule has 3 nitrogen and oxygen atoms in total. The van der Waals surface area contributed by atoms with Crippen molar-refractivity contribution < 1.29 is 4.79 Å². The molecule has 17 heavy (non-hydrogen) atoms. The Morgan fingerprint density at radius 2 is 1.94 bits per heavy atom. The number of carbonyl (C=O) groups excluding carboxylic acids is 1. The largest absolute Gasteiger partial charge is 0.352 e. The number of hydrogen-bond donors (Lipinski definition) is 2. The van der Waals surface area contributed by atoms with Crippen LogP contribution in [0.4, 0.5) is 0 Å². The van der Waals surface area contributed by atoms with E-state index in [1.807, 2.05) is 0 Å². The summed E-state index contributed by atoms with van der Waals surface area (Å²) in [6, 6.07) is 0.0665. The Labute approximate surface area is 106 Å². The molecule has 3 N–H and O–H groups in total. The van der Waals surface area contributed by atoms with Crippen molar-refractivity contribution in [2.75, 3.05) is 0 Å². The Bertz CT molecular complexity index is 222. The number of amides is 1. The van der Waals surface area contributed by atoms with E-state index in [0.29, 0.717) is 6.04 Å². The van der Waals surface area contributed by atoms with Gasteiger partial charge in [-0.25, -0.2) is 0 Å². The van der Waals surface area contributed by atoms with Crippen LogP contribution in [0.25, 0.3) is 0 Å². The van der Waals surface area contributed by atoms with Crippen molar-refractivity contribution in [3.05, 3.63) is 0 Å².